The lowest BCUT2D eigenvalue weighted by Gasteiger charge is -2.29. The van der Waals surface area contributed by atoms with Crippen molar-refractivity contribution in [1.29, 1.82) is 0 Å². The molecule has 2 aliphatic rings. The molecule has 0 amide bonds. The summed E-state index contributed by atoms with van der Waals surface area (Å²) in [7, 11) is 0. The summed E-state index contributed by atoms with van der Waals surface area (Å²) in [5, 5.41) is 21.8. The number of aliphatic hydroxyl groups is 2. The standard InChI is InChI=1S/C20H20Cl2O6/c21-13-5-1-3-11(7-13)19-25-10-16-17(24)18(28-19)15(9-23)26-20(27-16)12-4-2-6-14(22)8-12/h1-8,15-20,23-24H,9-10H2/t15-,16+,17+,18+,19?,20?/m0/s1. The Kier molecular flexibility index (Phi) is 6.20. The molecule has 2 heterocycles. The zero-order valence-corrected chi connectivity index (χ0v) is 16.3. The van der Waals surface area contributed by atoms with Crippen LogP contribution in [0.2, 0.25) is 10.0 Å². The van der Waals surface area contributed by atoms with Crippen LogP contribution < -0.4 is 0 Å². The predicted molar refractivity (Wildman–Crippen MR) is 102 cm³/mol. The second kappa shape index (κ2) is 8.65. The molecule has 0 spiro atoms. The monoisotopic (exact) mass is 426 g/mol. The Morgan fingerprint density at radius 1 is 0.893 bits per heavy atom. The van der Waals surface area contributed by atoms with Gasteiger partial charge in [-0.3, -0.25) is 0 Å². The normalized spacial score (nSPS) is 33.1. The van der Waals surface area contributed by atoms with Gasteiger partial charge in [-0.1, -0.05) is 47.5 Å². The lowest BCUT2D eigenvalue weighted by atomic mass is 10.0. The molecule has 2 fully saturated rings. The van der Waals surface area contributed by atoms with Crippen LogP contribution in [0.5, 0.6) is 0 Å². The molecule has 2 aromatic rings. The van der Waals surface area contributed by atoms with E-state index >= 15 is 0 Å². The van der Waals surface area contributed by atoms with E-state index in [1.165, 1.54) is 0 Å². The molecule has 6 nitrogen and oxygen atoms in total. The van der Waals surface area contributed by atoms with Gasteiger partial charge in [0.25, 0.3) is 0 Å². The third kappa shape index (κ3) is 4.20. The van der Waals surface area contributed by atoms with Gasteiger partial charge in [0.05, 0.1) is 13.2 Å². The Labute approximate surface area is 172 Å². The quantitative estimate of drug-likeness (QED) is 0.784. The van der Waals surface area contributed by atoms with E-state index in [-0.39, 0.29) is 13.2 Å². The van der Waals surface area contributed by atoms with Crippen molar-refractivity contribution in [3.05, 3.63) is 69.7 Å². The average molecular weight is 427 g/mol. The fraction of sp³-hybridized carbons (Fsp3) is 0.400. The number of hydrogen-bond acceptors (Lipinski definition) is 6. The Morgan fingerprint density at radius 2 is 1.54 bits per heavy atom. The first-order valence-corrected chi connectivity index (χ1v) is 9.68. The third-order valence-electron chi connectivity index (χ3n) is 4.79. The molecule has 0 aromatic heterocycles. The maximum Gasteiger partial charge on any atom is 0.185 e. The summed E-state index contributed by atoms with van der Waals surface area (Å²) in [4.78, 5) is 0. The van der Waals surface area contributed by atoms with Crippen molar-refractivity contribution in [2.45, 2.75) is 37.0 Å². The minimum absolute atomic E-state index is 0.0768. The van der Waals surface area contributed by atoms with Crippen LogP contribution in [0.4, 0.5) is 0 Å². The van der Waals surface area contributed by atoms with Crippen molar-refractivity contribution in [3.63, 3.8) is 0 Å². The fourth-order valence-electron chi connectivity index (χ4n) is 3.39. The van der Waals surface area contributed by atoms with E-state index in [1.54, 1.807) is 42.5 Å². The average Bonchev–Trinajstić information content (AvgIpc) is 2.93. The zero-order valence-electron chi connectivity index (χ0n) is 14.8. The smallest absolute Gasteiger partial charge is 0.185 e. The number of fused-ring (bicyclic) bond motifs is 2. The SMILES string of the molecule is OC[C@@H]1OC(c2cccc(Cl)c2)O[C@@H]2COC(c3cccc(Cl)c3)O[C@H]1[C@@H]2O. The lowest BCUT2D eigenvalue weighted by molar-refractivity contribution is -0.249. The summed E-state index contributed by atoms with van der Waals surface area (Å²) in [6.07, 6.45) is -5.04. The first-order chi connectivity index (χ1) is 13.5. The van der Waals surface area contributed by atoms with E-state index in [1.807, 2.05) is 6.07 Å². The predicted octanol–water partition coefficient (Wildman–Crippen LogP) is 3.24. The van der Waals surface area contributed by atoms with Crippen LogP contribution in [0.1, 0.15) is 23.7 Å². The number of ether oxygens (including phenoxy) is 4. The number of hydrogen-bond donors (Lipinski definition) is 2. The van der Waals surface area contributed by atoms with Crippen LogP contribution in [0.3, 0.4) is 0 Å². The molecule has 8 heteroatoms. The van der Waals surface area contributed by atoms with E-state index in [0.29, 0.717) is 21.2 Å². The van der Waals surface area contributed by atoms with Gasteiger partial charge in [-0.15, -0.1) is 0 Å². The maximum atomic E-state index is 10.8. The molecule has 0 aliphatic carbocycles. The van der Waals surface area contributed by atoms with Gasteiger partial charge in [0.15, 0.2) is 12.6 Å². The Balaban J connectivity index is 1.62. The summed E-state index contributed by atoms with van der Waals surface area (Å²) >= 11 is 12.1. The van der Waals surface area contributed by atoms with E-state index in [0.717, 1.165) is 0 Å². The Morgan fingerprint density at radius 3 is 2.14 bits per heavy atom. The van der Waals surface area contributed by atoms with E-state index in [9.17, 15) is 10.2 Å². The van der Waals surface area contributed by atoms with Crippen molar-refractivity contribution in [1.82, 2.24) is 0 Å². The summed E-state index contributed by atoms with van der Waals surface area (Å²) in [6.45, 7) is -0.287. The summed E-state index contributed by atoms with van der Waals surface area (Å²) in [5.74, 6) is 0. The lowest BCUT2D eigenvalue weighted by Crippen LogP contribution is -2.45. The van der Waals surface area contributed by atoms with Gasteiger partial charge in [0.1, 0.15) is 24.4 Å². The van der Waals surface area contributed by atoms with Crippen LogP contribution in [-0.4, -0.2) is 47.8 Å². The Bertz CT molecular complexity index is 817. The molecule has 28 heavy (non-hydrogen) atoms. The van der Waals surface area contributed by atoms with E-state index < -0.39 is 37.0 Å². The number of aliphatic hydroxyl groups excluding tert-OH is 2. The molecule has 4 rings (SSSR count). The molecule has 0 radical (unpaired) electrons. The maximum absolute atomic E-state index is 10.8. The van der Waals surface area contributed by atoms with Crippen LogP contribution in [0.25, 0.3) is 0 Å². The molecule has 2 unspecified atom stereocenters. The second-order valence-electron chi connectivity index (χ2n) is 6.73. The largest absolute Gasteiger partial charge is 0.394 e. The molecule has 2 saturated heterocycles. The van der Waals surface area contributed by atoms with Gasteiger partial charge >= 0.3 is 0 Å². The molecule has 2 N–H and O–H groups in total. The first kappa shape index (κ1) is 20.1. The summed E-state index contributed by atoms with van der Waals surface area (Å²) < 4.78 is 23.8. The molecule has 2 aromatic carbocycles. The van der Waals surface area contributed by atoms with Crippen LogP contribution in [-0.2, 0) is 18.9 Å². The summed E-state index contributed by atoms with van der Waals surface area (Å²) in [5.41, 5.74) is 1.38. The molecule has 6 atom stereocenters. The van der Waals surface area contributed by atoms with Gasteiger partial charge in [-0.25, -0.2) is 0 Å². The van der Waals surface area contributed by atoms with E-state index in [2.05, 4.69) is 0 Å². The highest BCUT2D eigenvalue weighted by atomic mass is 35.5. The van der Waals surface area contributed by atoms with Crippen molar-refractivity contribution < 1.29 is 29.2 Å². The number of rotatable bonds is 3. The van der Waals surface area contributed by atoms with Gasteiger partial charge < -0.3 is 29.2 Å². The van der Waals surface area contributed by atoms with Crippen molar-refractivity contribution in [2.75, 3.05) is 13.2 Å². The minimum atomic E-state index is -1.05. The van der Waals surface area contributed by atoms with Crippen LogP contribution in [0, 0.1) is 0 Å². The molecule has 150 valence electrons. The highest BCUT2D eigenvalue weighted by Crippen LogP contribution is 2.37. The second-order valence-corrected chi connectivity index (χ2v) is 7.60. The van der Waals surface area contributed by atoms with Crippen LogP contribution >= 0.6 is 23.2 Å². The molecular weight excluding hydrogens is 407 g/mol. The minimum Gasteiger partial charge on any atom is -0.394 e. The Hall–Kier alpha value is -1.22. The first-order valence-electron chi connectivity index (χ1n) is 8.93. The fourth-order valence-corrected chi connectivity index (χ4v) is 3.79. The number of halogens is 2. The highest BCUT2D eigenvalue weighted by molar-refractivity contribution is 6.30. The topological polar surface area (TPSA) is 77.4 Å². The third-order valence-corrected chi connectivity index (χ3v) is 5.27. The summed E-state index contributed by atoms with van der Waals surface area (Å²) in [6, 6.07) is 14.1. The number of benzene rings is 2. The van der Waals surface area contributed by atoms with Crippen molar-refractivity contribution >= 4 is 23.2 Å². The van der Waals surface area contributed by atoms with Crippen LogP contribution in [0.15, 0.2) is 48.5 Å². The van der Waals surface area contributed by atoms with Gasteiger partial charge in [0, 0.05) is 21.2 Å². The zero-order chi connectivity index (χ0) is 19.7. The molecular formula is C20H20Cl2O6. The van der Waals surface area contributed by atoms with Gasteiger partial charge in [0.2, 0.25) is 0 Å². The molecule has 2 bridgehead atoms. The van der Waals surface area contributed by atoms with Gasteiger partial charge in [-0.05, 0) is 24.3 Å². The van der Waals surface area contributed by atoms with Crippen molar-refractivity contribution in [3.8, 4) is 0 Å². The van der Waals surface area contributed by atoms with Gasteiger partial charge in [-0.2, -0.15) is 0 Å². The molecule has 2 aliphatic heterocycles. The molecule has 0 saturated carbocycles. The highest BCUT2D eigenvalue weighted by Gasteiger charge is 2.46. The van der Waals surface area contributed by atoms with E-state index in [4.69, 9.17) is 42.1 Å². The van der Waals surface area contributed by atoms with Crippen molar-refractivity contribution in [2.24, 2.45) is 0 Å².